The van der Waals surface area contributed by atoms with E-state index < -0.39 is 0 Å². The van der Waals surface area contributed by atoms with Crippen molar-refractivity contribution in [3.05, 3.63) is 85.7 Å². The van der Waals surface area contributed by atoms with Gasteiger partial charge in [-0.1, -0.05) is 47.5 Å². The van der Waals surface area contributed by atoms with Crippen LogP contribution >= 0.6 is 22.9 Å². The summed E-state index contributed by atoms with van der Waals surface area (Å²) in [6, 6.07) is 13.9. The van der Waals surface area contributed by atoms with E-state index in [9.17, 15) is 4.79 Å². The summed E-state index contributed by atoms with van der Waals surface area (Å²) in [5.74, 6) is 0.666. The van der Waals surface area contributed by atoms with Crippen molar-refractivity contribution in [1.82, 2.24) is 9.97 Å². The molecule has 0 unspecified atom stereocenters. The van der Waals surface area contributed by atoms with E-state index in [1.54, 1.807) is 0 Å². The molecule has 26 heavy (non-hydrogen) atoms. The lowest BCUT2D eigenvalue weighted by Crippen LogP contribution is -2.11. The maximum Gasteiger partial charge on any atom is 0.260 e. The fourth-order valence-electron chi connectivity index (χ4n) is 3.19. The van der Waals surface area contributed by atoms with Gasteiger partial charge in [0, 0.05) is 22.4 Å². The molecule has 0 saturated heterocycles. The second kappa shape index (κ2) is 6.71. The first-order valence-electron chi connectivity index (χ1n) is 8.34. The Morgan fingerprint density at radius 3 is 2.58 bits per heavy atom. The van der Waals surface area contributed by atoms with Crippen LogP contribution in [0.15, 0.2) is 52.6 Å². The third kappa shape index (κ3) is 3.18. The molecule has 2 aromatic heterocycles. The molecule has 0 spiro atoms. The summed E-state index contributed by atoms with van der Waals surface area (Å²) in [7, 11) is 0. The summed E-state index contributed by atoms with van der Waals surface area (Å²) < 4.78 is 0. The SMILES string of the molecule is Cc1ccc(-c2csc3nc(Cc4ccc(Cl)cc4)[nH]c(=O)c23)c(C)c1. The number of thiophene rings is 1. The van der Waals surface area contributed by atoms with Gasteiger partial charge in [0.25, 0.3) is 5.56 Å². The molecule has 0 saturated carbocycles. The van der Waals surface area contributed by atoms with E-state index in [1.807, 2.05) is 29.6 Å². The lowest BCUT2D eigenvalue weighted by molar-refractivity contribution is 0.977. The maximum atomic E-state index is 12.8. The Hall–Kier alpha value is -2.43. The third-order valence-corrected chi connectivity index (χ3v) is 5.57. The van der Waals surface area contributed by atoms with Gasteiger partial charge in [0.1, 0.15) is 10.7 Å². The molecule has 0 radical (unpaired) electrons. The number of benzene rings is 2. The molecule has 4 rings (SSSR count). The maximum absolute atomic E-state index is 12.8. The molecular formula is C21H17ClN2OS. The molecule has 0 atom stereocenters. The first kappa shape index (κ1) is 17.0. The number of H-pyrrole nitrogens is 1. The van der Waals surface area contributed by atoms with Crippen LogP contribution < -0.4 is 5.56 Å². The molecule has 3 nitrogen and oxygen atoms in total. The summed E-state index contributed by atoms with van der Waals surface area (Å²) in [6.45, 7) is 4.14. The van der Waals surface area contributed by atoms with Gasteiger partial charge in [-0.05, 0) is 42.7 Å². The Labute approximate surface area is 160 Å². The number of aryl methyl sites for hydroxylation is 2. The zero-order chi connectivity index (χ0) is 18.3. The molecule has 4 aromatic rings. The van der Waals surface area contributed by atoms with Gasteiger partial charge in [-0.25, -0.2) is 4.98 Å². The van der Waals surface area contributed by atoms with Crippen LogP contribution in [0.5, 0.6) is 0 Å². The summed E-state index contributed by atoms with van der Waals surface area (Å²) >= 11 is 7.44. The van der Waals surface area contributed by atoms with Gasteiger partial charge >= 0.3 is 0 Å². The Morgan fingerprint density at radius 1 is 1.08 bits per heavy atom. The highest BCUT2D eigenvalue weighted by Gasteiger charge is 2.14. The monoisotopic (exact) mass is 380 g/mol. The van der Waals surface area contributed by atoms with Crippen molar-refractivity contribution >= 4 is 33.2 Å². The van der Waals surface area contributed by atoms with Crippen LogP contribution in [-0.2, 0) is 6.42 Å². The number of nitrogens with one attached hydrogen (secondary N) is 1. The molecule has 1 N–H and O–H groups in total. The number of hydrogen-bond donors (Lipinski definition) is 1. The minimum atomic E-state index is -0.0878. The molecule has 0 amide bonds. The summed E-state index contributed by atoms with van der Waals surface area (Å²) in [5.41, 5.74) is 5.38. The van der Waals surface area contributed by atoms with E-state index in [0.717, 1.165) is 27.1 Å². The fourth-order valence-corrected chi connectivity index (χ4v) is 4.27. The first-order chi connectivity index (χ1) is 12.5. The lowest BCUT2D eigenvalue weighted by atomic mass is 9.99. The van der Waals surface area contributed by atoms with Crippen molar-refractivity contribution in [2.75, 3.05) is 0 Å². The van der Waals surface area contributed by atoms with Gasteiger partial charge in [0.15, 0.2) is 0 Å². The van der Waals surface area contributed by atoms with Crippen molar-refractivity contribution in [2.45, 2.75) is 20.3 Å². The Bertz CT molecular complexity index is 1160. The second-order valence-corrected chi connectivity index (χ2v) is 7.76. The van der Waals surface area contributed by atoms with Crippen LogP contribution in [0, 0.1) is 13.8 Å². The standard InChI is InChI=1S/C21H17ClN2OS/c1-12-3-8-16(13(2)9-12)17-11-26-21-19(17)20(25)23-18(24-21)10-14-4-6-15(22)7-5-14/h3-9,11H,10H2,1-2H3,(H,23,24,25). The summed E-state index contributed by atoms with van der Waals surface area (Å²) in [6.07, 6.45) is 0.569. The lowest BCUT2D eigenvalue weighted by Gasteiger charge is -2.06. The molecule has 5 heteroatoms. The zero-order valence-electron chi connectivity index (χ0n) is 14.5. The largest absolute Gasteiger partial charge is 0.310 e. The predicted molar refractivity (Wildman–Crippen MR) is 109 cm³/mol. The quantitative estimate of drug-likeness (QED) is 0.509. The first-order valence-corrected chi connectivity index (χ1v) is 9.59. The van der Waals surface area contributed by atoms with Gasteiger partial charge < -0.3 is 4.98 Å². The highest BCUT2D eigenvalue weighted by Crippen LogP contribution is 2.33. The highest BCUT2D eigenvalue weighted by atomic mass is 35.5. The van der Waals surface area contributed by atoms with Crippen LogP contribution in [0.1, 0.15) is 22.5 Å². The number of aromatic amines is 1. The van der Waals surface area contributed by atoms with Gasteiger partial charge in [-0.2, -0.15) is 0 Å². The molecule has 0 aliphatic rings. The van der Waals surface area contributed by atoms with Crippen molar-refractivity contribution < 1.29 is 0 Å². The number of nitrogens with zero attached hydrogens (tertiary/aromatic N) is 1. The van der Waals surface area contributed by atoms with E-state index in [1.165, 1.54) is 16.9 Å². The Kier molecular flexibility index (Phi) is 4.39. The van der Waals surface area contributed by atoms with Crippen LogP contribution in [-0.4, -0.2) is 9.97 Å². The molecular weight excluding hydrogens is 364 g/mol. The Morgan fingerprint density at radius 2 is 1.85 bits per heavy atom. The van der Waals surface area contributed by atoms with E-state index in [2.05, 4.69) is 42.0 Å². The van der Waals surface area contributed by atoms with E-state index in [4.69, 9.17) is 11.6 Å². The third-order valence-electron chi connectivity index (χ3n) is 4.45. The summed E-state index contributed by atoms with van der Waals surface area (Å²) in [5, 5.41) is 3.39. The topological polar surface area (TPSA) is 45.8 Å². The van der Waals surface area contributed by atoms with Gasteiger partial charge in [0.05, 0.1) is 5.39 Å². The molecule has 0 bridgehead atoms. The second-order valence-electron chi connectivity index (χ2n) is 6.46. The van der Waals surface area contributed by atoms with E-state index >= 15 is 0 Å². The van der Waals surface area contributed by atoms with Crippen LogP contribution in [0.2, 0.25) is 5.02 Å². The van der Waals surface area contributed by atoms with Crippen molar-refractivity contribution in [3.63, 3.8) is 0 Å². The molecule has 0 fully saturated rings. The average Bonchev–Trinajstić information content (AvgIpc) is 3.01. The Balaban J connectivity index is 1.78. The number of rotatable bonds is 3. The van der Waals surface area contributed by atoms with Gasteiger partial charge in [0.2, 0.25) is 0 Å². The minimum Gasteiger partial charge on any atom is -0.310 e. The molecule has 130 valence electrons. The van der Waals surface area contributed by atoms with Crippen LogP contribution in [0.3, 0.4) is 0 Å². The van der Waals surface area contributed by atoms with Crippen molar-refractivity contribution in [3.8, 4) is 11.1 Å². The predicted octanol–water partition coefficient (Wildman–Crippen LogP) is 5.51. The molecule has 2 heterocycles. The van der Waals surface area contributed by atoms with Crippen LogP contribution in [0.25, 0.3) is 21.3 Å². The average molecular weight is 381 g/mol. The normalized spacial score (nSPS) is 11.2. The van der Waals surface area contributed by atoms with Crippen LogP contribution in [0.4, 0.5) is 0 Å². The van der Waals surface area contributed by atoms with Crippen molar-refractivity contribution in [2.24, 2.45) is 0 Å². The molecule has 2 aromatic carbocycles. The molecule has 0 aliphatic heterocycles. The van der Waals surface area contributed by atoms with E-state index in [-0.39, 0.29) is 5.56 Å². The number of hydrogen-bond acceptors (Lipinski definition) is 3. The number of fused-ring (bicyclic) bond motifs is 1. The van der Waals surface area contributed by atoms with E-state index in [0.29, 0.717) is 22.7 Å². The molecule has 0 aliphatic carbocycles. The summed E-state index contributed by atoms with van der Waals surface area (Å²) in [4.78, 5) is 21.2. The fraction of sp³-hybridized carbons (Fsp3) is 0.143. The zero-order valence-corrected chi connectivity index (χ0v) is 16.0. The highest BCUT2D eigenvalue weighted by molar-refractivity contribution is 7.17. The minimum absolute atomic E-state index is 0.0878. The van der Waals surface area contributed by atoms with Crippen molar-refractivity contribution in [1.29, 1.82) is 0 Å². The van der Waals surface area contributed by atoms with Gasteiger partial charge in [-0.15, -0.1) is 11.3 Å². The smallest absolute Gasteiger partial charge is 0.260 e. The number of halogens is 1. The number of aromatic nitrogens is 2. The van der Waals surface area contributed by atoms with Gasteiger partial charge in [-0.3, -0.25) is 4.79 Å².